The second-order valence-electron chi connectivity index (χ2n) is 8.20. The number of hydrogen-bond acceptors (Lipinski definition) is 5. The number of hydrogen-bond donors (Lipinski definition) is 1. The van der Waals surface area contributed by atoms with E-state index in [0.29, 0.717) is 29.0 Å². The molecule has 1 N–H and O–H groups in total. The van der Waals surface area contributed by atoms with Crippen molar-refractivity contribution in [1.82, 2.24) is 8.96 Å². The molecule has 0 atom stereocenters. The third-order valence-corrected chi connectivity index (χ3v) is 6.16. The van der Waals surface area contributed by atoms with Crippen molar-refractivity contribution in [2.45, 2.75) is 58.0 Å². The third kappa shape index (κ3) is 4.64. The van der Waals surface area contributed by atoms with Crippen LogP contribution < -0.4 is 5.32 Å². The van der Waals surface area contributed by atoms with Crippen LogP contribution in [0.15, 0.2) is 47.4 Å². The van der Waals surface area contributed by atoms with Gasteiger partial charge < -0.3 is 4.74 Å². The van der Waals surface area contributed by atoms with Gasteiger partial charge in [-0.1, -0.05) is 31.0 Å². The number of benzene rings is 1. The second-order valence-corrected chi connectivity index (χ2v) is 9.98. The molecule has 1 amide bonds. The molecule has 0 saturated heterocycles. The zero-order valence-electron chi connectivity index (χ0n) is 17.9. The fraction of sp³-hybridized carbons (Fsp3) is 0.364. The van der Waals surface area contributed by atoms with Gasteiger partial charge in [0.25, 0.3) is 10.0 Å². The van der Waals surface area contributed by atoms with E-state index in [0.717, 1.165) is 12.0 Å². The van der Waals surface area contributed by atoms with Crippen molar-refractivity contribution in [2.75, 3.05) is 5.32 Å². The normalized spacial score (nSPS) is 12.2. The predicted molar refractivity (Wildman–Crippen MR) is 117 cm³/mol. The molecule has 0 aliphatic heterocycles. The molecule has 2 heterocycles. The fourth-order valence-electron chi connectivity index (χ4n) is 3.12. The van der Waals surface area contributed by atoms with Crippen LogP contribution in [0, 0.1) is 6.92 Å². The van der Waals surface area contributed by atoms with Gasteiger partial charge in [-0.2, -0.15) is 0 Å². The van der Waals surface area contributed by atoms with E-state index in [1.54, 1.807) is 63.2 Å². The molecule has 1 aromatic carbocycles. The first-order valence-electron chi connectivity index (χ1n) is 9.85. The highest BCUT2D eigenvalue weighted by molar-refractivity contribution is 7.90. The zero-order chi connectivity index (χ0) is 22.1. The molecule has 0 aliphatic carbocycles. The van der Waals surface area contributed by atoms with Crippen LogP contribution in [-0.4, -0.2) is 29.1 Å². The number of pyridine rings is 1. The molecule has 0 bridgehead atoms. The van der Waals surface area contributed by atoms with Crippen LogP contribution in [0.2, 0.25) is 0 Å². The van der Waals surface area contributed by atoms with Crippen molar-refractivity contribution in [3.8, 4) is 0 Å². The highest BCUT2D eigenvalue weighted by atomic mass is 32.2. The van der Waals surface area contributed by atoms with E-state index < -0.39 is 21.7 Å². The van der Waals surface area contributed by atoms with Crippen LogP contribution in [-0.2, 0) is 21.2 Å². The van der Waals surface area contributed by atoms with E-state index in [9.17, 15) is 13.2 Å². The molecule has 0 radical (unpaired) electrons. The standard InChI is InChI=1S/C22H27N3O4S/c1-6-7-16-14-18-19(12-13-20(23-18)24-21(26)29-22(3,4)5)25(16)30(27,28)17-10-8-15(2)9-11-17/h8-14H,6-7H2,1-5H3,(H,23,24,26). The number of aryl methyl sites for hydroxylation is 2. The Hall–Kier alpha value is -2.87. The largest absolute Gasteiger partial charge is 0.444 e. The number of carbonyl (C=O) groups is 1. The van der Waals surface area contributed by atoms with Crippen molar-refractivity contribution in [1.29, 1.82) is 0 Å². The zero-order valence-corrected chi connectivity index (χ0v) is 18.7. The average molecular weight is 430 g/mol. The van der Waals surface area contributed by atoms with Gasteiger partial charge >= 0.3 is 6.09 Å². The van der Waals surface area contributed by atoms with Gasteiger partial charge in [-0.25, -0.2) is 22.2 Å². The van der Waals surface area contributed by atoms with Crippen molar-refractivity contribution in [3.05, 3.63) is 53.7 Å². The molecular weight excluding hydrogens is 402 g/mol. The van der Waals surface area contributed by atoms with Crippen LogP contribution in [0.25, 0.3) is 11.0 Å². The Balaban J connectivity index is 2.05. The van der Waals surface area contributed by atoms with Crippen molar-refractivity contribution in [2.24, 2.45) is 0 Å². The molecule has 160 valence electrons. The quantitative estimate of drug-likeness (QED) is 0.624. The van der Waals surface area contributed by atoms with E-state index >= 15 is 0 Å². The smallest absolute Gasteiger partial charge is 0.413 e. The van der Waals surface area contributed by atoms with Crippen molar-refractivity contribution in [3.63, 3.8) is 0 Å². The van der Waals surface area contributed by atoms with Crippen molar-refractivity contribution >= 4 is 33.0 Å². The first-order chi connectivity index (χ1) is 14.0. The van der Waals surface area contributed by atoms with E-state index in [1.807, 2.05) is 13.8 Å². The number of anilines is 1. The summed E-state index contributed by atoms with van der Waals surface area (Å²) in [5, 5.41) is 2.60. The summed E-state index contributed by atoms with van der Waals surface area (Å²) < 4.78 is 33.4. The number of rotatable bonds is 5. The number of fused-ring (bicyclic) bond motifs is 1. The highest BCUT2D eigenvalue weighted by Crippen LogP contribution is 2.27. The maximum atomic E-state index is 13.4. The Labute approximate surface area is 177 Å². The average Bonchev–Trinajstić information content (AvgIpc) is 2.98. The molecule has 3 rings (SSSR count). The van der Waals surface area contributed by atoms with Gasteiger partial charge in [-0.3, -0.25) is 5.32 Å². The molecule has 0 aliphatic rings. The minimum absolute atomic E-state index is 0.221. The molecule has 7 nitrogen and oxygen atoms in total. The maximum absolute atomic E-state index is 13.4. The summed E-state index contributed by atoms with van der Waals surface area (Å²) in [6, 6.07) is 11.8. The topological polar surface area (TPSA) is 90.3 Å². The second kappa shape index (κ2) is 8.10. The van der Waals surface area contributed by atoms with Crippen LogP contribution in [0.4, 0.5) is 10.6 Å². The Bertz CT molecular complexity index is 1170. The van der Waals surface area contributed by atoms with Gasteiger partial charge in [0.05, 0.1) is 15.9 Å². The Morgan fingerprint density at radius 1 is 1.13 bits per heavy atom. The van der Waals surface area contributed by atoms with E-state index in [1.165, 1.54) is 3.97 Å². The first-order valence-corrected chi connectivity index (χ1v) is 11.3. The first kappa shape index (κ1) is 21.8. The predicted octanol–water partition coefficient (Wildman–Crippen LogP) is 4.88. The van der Waals surface area contributed by atoms with E-state index in [-0.39, 0.29) is 4.90 Å². The monoisotopic (exact) mass is 429 g/mol. The summed E-state index contributed by atoms with van der Waals surface area (Å²) in [4.78, 5) is 16.7. The van der Waals surface area contributed by atoms with Gasteiger partial charge in [0.15, 0.2) is 0 Å². The lowest BCUT2D eigenvalue weighted by atomic mass is 10.2. The number of carbonyl (C=O) groups excluding carboxylic acids is 1. The molecule has 30 heavy (non-hydrogen) atoms. The van der Waals surface area contributed by atoms with Crippen LogP contribution in [0.1, 0.15) is 45.4 Å². The number of aromatic nitrogens is 2. The van der Waals surface area contributed by atoms with Gasteiger partial charge in [0, 0.05) is 5.69 Å². The van der Waals surface area contributed by atoms with E-state index in [4.69, 9.17) is 4.74 Å². The number of nitrogens with zero attached hydrogens (tertiary/aromatic N) is 2. The molecule has 0 fully saturated rings. The third-order valence-electron chi connectivity index (χ3n) is 4.38. The lowest BCUT2D eigenvalue weighted by Gasteiger charge is -2.19. The lowest BCUT2D eigenvalue weighted by molar-refractivity contribution is 0.0635. The van der Waals surface area contributed by atoms with Gasteiger partial charge in [0.2, 0.25) is 0 Å². The highest BCUT2D eigenvalue weighted by Gasteiger charge is 2.24. The Morgan fingerprint density at radius 2 is 1.80 bits per heavy atom. The Kier molecular flexibility index (Phi) is 5.90. The molecular formula is C22H27N3O4S. The SMILES string of the molecule is CCCc1cc2nc(NC(=O)OC(C)(C)C)ccc2n1S(=O)(=O)c1ccc(C)cc1. The minimum Gasteiger partial charge on any atom is -0.444 e. The van der Waals surface area contributed by atoms with Crippen LogP contribution in [0.5, 0.6) is 0 Å². The van der Waals surface area contributed by atoms with Gasteiger partial charge in [0.1, 0.15) is 11.4 Å². The lowest BCUT2D eigenvalue weighted by Crippen LogP contribution is -2.27. The van der Waals surface area contributed by atoms with Crippen LogP contribution in [0.3, 0.4) is 0 Å². The molecule has 2 aromatic heterocycles. The van der Waals surface area contributed by atoms with E-state index in [2.05, 4.69) is 10.3 Å². The van der Waals surface area contributed by atoms with Gasteiger partial charge in [-0.15, -0.1) is 0 Å². The molecule has 0 unspecified atom stereocenters. The molecule has 8 heteroatoms. The Morgan fingerprint density at radius 3 is 2.40 bits per heavy atom. The summed E-state index contributed by atoms with van der Waals surface area (Å²) in [5.74, 6) is 0.296. The molecule has 3 aromatic rings. The fourth-order valence-corrected chi connectivity index (χ4v) is 4.68. The summed E-state index contributed by atoms with van der Waals surface area (Å²) in [6.45, 7) is 9.22. The molecule has 0 spiro atoms. The molecule has 0 saturated carbocycles. The number of nitrogens with one attached hydrogen (secondary N) is 1. The summed E-state index contributed by atoms with van der Waals surface area (Å²) >= 11 is 0. The number of ether oxygens (including phenoxy) is 1. The van der Waals surface area contributed by atoms with Gasteiger partial charge in [-0.05, 0) is 64.4 Å². The minimum atomic E-state index is -3.79. The summed E-state index contributed by atoms with van der Waals surface area (Å²) in [6.07, 6.45) is 0.744. The summed E-state index contributed by atoms with van der Waals surface area (Å²) in [5.41, 5.74) is 1.96. The number of amides is 1. The summed E-state index contributed by atoms with van der Waals surface area (Å²) in [7, 11) is -3.79. The van der Waals surface area contributed by atoms with Crippen molar-refractivity contribution < 1.29 is 17.9 Å². The maximum Gasteiger partial charge on any atom is 0.413 e. The van der Waals surface area contributed by atoms with Crippen LogP contribution >= 0.6 is 0 Å².